The molecule has 0 aromatic heterocycles. The Morgan fingerprint density at radius 3 is 2.20 bits per heavy atom. The number of benzene rings is 1. The van der Waals surface area contributed by atoms with Crippen LogP contribution >= 0.6 is 0 Å². The van der Waals surface area contributed by atoms with Crippen molar-refractivity contribution in [2.45, 2.75) is 90.1 Å². The van der Waals surface area contributed by atoms with Gasteiger partial charge in [0.15, 0.2) is 0 Å². The minimum atomic E-state index is -0.598. The zero-order chi connectivity index (χ0) is 37.0. The fourth-order valence-corrected chi connectivity index (χ4v) is 6.53. The van der Waals surface area contributed by atoms with Crippen LogP contribution in [0.5, 0.6) is 0 Å². The number of carbonyl (C=O) groups is 4. The molecule has 276 valence electrons. The van der Waals surface area contributed by atoms with Gasteiger partial charge in [0.1, 0.15) is 0 Å². The largest absolute Gasteiger partial charge is 0.379 e. The van der Waals surface area contributed by atoms with Crippen LogP contribution in [0.2, 0.25) is 0 Å². The summed E-state index contributed by atoms with van der Waals surface area (Å²) >= 11 is 0. The van der Waals surface area contributed by atoms with Crippen molar-refractivity contribution in [3.63, 3.8) is 0 Å². The van der Waals surface area contributed by atoms with Gasteiger partial charge in [-0.3, -0.25) is 34.2 Å². The third kappa shape index (κ3) is 11.2. The van der Waals surface area contributed by atoms with Gasteiger partial charge in [-0.1, -0.05) is 39.3 Å². The molecule has 1 aromatic carbocycles. The highest BCUT2D eigenvalue weighted by molar-refractivity contribution is 5.87. The van der Waals surface area contributed by atoms with Crippen molar-refractivity contribution in [2.75, 3.05) is 62.0 Å². The highest BCUT2D eigenvalue weighted by Gasteiger charge is 2.42. The number of nitrogens with zero attached hydrogens (tertiary/aromatic N) is 5. The zero-order valence-electron chi connectivity index (χ0n) is 31.0. The number of methoxy groups -OCH3 is 2. The van der Waals surface area contributed by atoms with Crippen LogP contribution in [0.25, 0.3) is 0 Å². The Kier molecular flexibility index (Phi) is 16.6. The molecule has 1 aliphatic heterocycles. The highest BCUT2D eigenvalue weighted by Crippen LogP contribution is 2.29. The average Bonchev–Trinajstić information content (AvgIpc) is 3.58. The van der Waals surface area contributed by atoms with E-state index >= 15 is 0 Å². The number of nitro benzene ring substituents is 1. The number of non-ortho nitro benzene ring substituents is 1. The Morgan fingerprint density at radius 1 is 1.04 bits per heavy atom. The van der Waals surface area contributed by atoms with E-state index in [1.807, 2.05) is 20.8 Å². The summed E-state index contributed by atoms with van der Waals surface area (Å²) in [7, 11) is 10.1. The molecule has 1 fully saturated rings. The summed E-state index contributed by atoms with van der Waals surface area (Å²) in [5.74, 6) is -1.31. The molecule has 7 atom stereocenters. The molecule has 0 spiro atoms. The van der Waals surface area contributed by atoms with Gasteiger partial charge in [0.05, 0.1) is 54.1 Å². The lowest BCUT2D eigenvalue weighted by Gasteiger charge is -2.39. The molecule has 49 heavy (non-hydrogen) atoms. The quantitative estimate of drug-likeness (QED) is 0.170. The van der Waals surface area contributed by atoms with Crippen molar-refractivity contribution in [1.29, 1.82) is 0 Å². The first-order valence-electron chi connectivity index (χ1n) is 17.1. The second-order valence-electron chi connectivity index (χ2n) is 13.4. The smallest absolute Gasteiger partial charge is 0.269 e. The van der Waals surface area contributed by atoms with Gasteiger partial charge in [-0.25, -0.2) is 0 Å². The first-order valence-corrected chi connectivity index (χ1v) is 17.1. The van der Waals surface area contributed by atoms with Crippen LogP contribution in [0.15, 0.2) is 24.3 Å². The van der Waals surface area contributed by atoms with Gasteiger partial charge in [0.25, 0.3) is 5.69 Å². The standard InChI is InChI=1S/C35H58N6O8/c1-11-23(2)32(39(8)31(43)22-36-34(44)25(4)37(5)6)29(48-9)21-30(42)40-19-12-13-28(40)33(49-10)24(3)35(45)38(7)20-18-26-14-16-27(17-15-26)41(46)47/h14-17,23-25,28-29,32-33H,11-13,18-22H2,1-10H3,(H,36,44). The fourth-order valence-electron chi connectivity index (χ4n) is 6.53. The molecule has 1 aromatic rings. The van der Waals surface area contributed by atoms with E-state index in [1.165, 1.54) is 12.1 Å². The van der Waals surface area contributed by atoms with E-state index in [0.29, 0.717) is 25.9 Å². The van der Waals surface area contributed by atoms with E-state index in [4.69, 9.17) is 9.47 Å². The molecular weight excluding hydrogens is 632 g/mol. The molecule has 1 saturated heterocycles. The van der Waals surface area contributed by atoms with Crippen molar-refractivity contribution < 1.29 is 33.6 Å². The van der Waals surface area contributed by atoms with Gasteiger partial charge in [-0.2, -0.15) is 0 Å². The van der Waals surface area contributed by atoms with E-state index in [9.17, 15) is 29.3 Å². The van der Waals surface area contributed by atoms with Gasteiger partial charge < -0.3 is 29.5 Å². The number of nitro groups is 1. The van der Waals surface area contributed by atoms with Crippen molar-refractivity contribution in [3.8, 4) is 0 Å². The number of likely N-dealkylation sites (N-methyl/N-ethyl adjacent to an activating group) is 3. The van der Waals surface area contributed by atoms with Crippen molar-refractivity contribution >= 4 is 29.3 Å². The molecule has 0 bridgehead atoms. The Hall–Kier alpha value is -3.62. The normalized spacial score (nSPS) is 18.3. The molecule has 2 rings (SSSR count). The maximum atomic E-state index is 13.9. The molecule has 0 saturated carbocycles. The lowest BCUT2D eigenvalue weighted by atomic mass is 9.90. The SMILES string of the molecule is CCC(C)C(C(CC(=O)N1CCCC1C(OC)C(C)C(=O)N(C)CCc1ccc([N+](=O)[O-])cc1)OC)N(C)C(=O)CNC(=O)C(C)N(C)C. The molecule has 7 unspecified atom stereocenters. The van der Waals surface area contributed by atoms with Crippen molar-refractivity contribution in [3.05, 3.63) is 39.9 Å². The Bertz CT molecular complexity index is 1260. The van der Waals surface area contributed by atoms with Crippen LogP contribution in [0.1, 0.15) is 58.9 Å². The number of carbonyl (C=O) groups excluding carboxylic acids is 4. The minimum absolute atomic E-state index is 0.00313. The van der Waals surface area contributed by atoms with E-state index < -0.39 is 35.1 Å². The zero-order valence-corrected chi connectivity index (χ0v) is 31.0. The number of nitrogens with one attached hydrogen (secondary N) is 1. The van der Waals surface area contributed by atoms with Crippen LogP contribution in [0.4, 0.5) is 5.69 Å². The molecule has 0 aliphatic carbocycles. The van der Waals surface area contributed by atoms with Gasteiger partial charge in [0.2, 0.25) is 23.6 Å². The van der Waals surface area contributed by atoms with E-state index in [2.05, 4.69) is 5.32 Å². The first-order chi connectivity index (χ1) is 23.1. The number of hydrogen-bond acceptors (Lipinski definition) is 9. The van der Waals surface area contributed by atoms with Crippen LogP contribution in [-0.4, -0.2) is 141 Å². The van der Waals surface area contributed by atoms with Gasteiger partial charge >= 0.3 is 0 Å². The third-order valence-electron chi connectivity index (χ3n) is 10.1. The minimum Gasteiger partial charge on any atom is -0.379 e. The molecule has 4 amide bonds. The Labute approximate surface area is 291 Å². The maximum Gasteiger partial charge on any atom is 0.269 e. The molecule has 1 heterocycles. The topological polar surface area (TPSA) is 155 Å². The predicted octanol–water partition coefficient (Wildman–Crippen LogP) is 2.58. The fraction of sp³-hybridized carbons (Fsp3) is 0.714. The molecule has 1 N–H and O–H groups in total. The summed E-state index contributed by atoms with van der Waals surface area (Å²) in [5.41, 5.74) is 0.900. The van der Waals surface area contributed by atoms with Crippen LogP contribution < -0.4 is 5.32 Å². The molecule has 14 nitrogen and oxygen atoms in total. The molecule has 1 aliphatic rings. The predicted molar refractivity (Wildman–Crippen MR) is 187 cm³/mol. The maximum absolute atomic E-state index is 13.9. The number of ether oxygens (including phenoxy) is 2. The number of hydrogen-bond donors (Lipinski definition) is 1. The monoisotopic (exact) mass is 690 g/mol. The van der Waals surface area contributed by atoms with Gasteiger partial charge in [-0.05, 0) is 51.8 Å². The summed E-state index contributed by atoms with van der Waals surface area (Å²) in [5, 5.41) is 13.7. The Morgan fingerprint density at radius 2 is 1.67 bits per heavy atom. The van der Waals surface area contributed by atoms with E-state index in [1.54, 1.807) is 81.1 Å². The van der Waals surface area contributed by atoms with Crippen molar-refractivity contribution in [1.82, 2.24) is 24.9 Å². The number of likely N-dealkylation sites (tertiary alicyclic amines) is 1. The van der Waals surface area contributed by atoms with Crippen LogP contribution in [0.3, 0.4) is 0 Å². The van der Waals surface area contributed by atoms with Crippen molar-refractivity contribution in [2.24, 2.45) is 11.8 Å². The average molecular weight is 691 g/mol. The first kappa shape index (κ1) is 41.6. The summed E-state index contributed by atoms with van der Waals surface area (Å²) < 4.78 is 11.8. The van der Waals surface area contributed by atoms with E-state index in [-0.39, 0.29) is 54.2 Å². The highest BCUT2D eigenvalue weighted by atomic mass is 16.6. The molecule has 0 radical (unpaired) electrons. The number of rotatable bonds is 19. The van der Waals surface area contributed by atoms with Gasteiger partial charge in [0, 0.05) is 53.5 Å². The van der Waals surface area contributed by atoms with Gasteiger partial charge in [-0.15, -0.1) is 0 Å². The summed E-state index contributed by atoms with van der Waals surface area (Å²) in [6.45, 7) is 8.39. The lowest BCUT2D eigenvalue weighted by Crippen LogP contribution is -2.54. The Balaban J connectivity index is 2.12. The summed E-state index contributed by atoms with van der Waals surface area (Å²) in [6.07, 6.45) is 1.64. The van der Waals surface area contributed by atoms with E-state index in [0.717, 1.165) is 18.4 Å². The summed E-state index contributed by atoms with van der Waals surface area (Å²) in [6, 6.07) is 5.17. The lowest BCUT2D eigenvalue weighted by molar-refractivity contribution is -0.384. The second kappa shape index (κ2) is 19.5. The summed E-state index contributed by atoms with van der Waals surface area (Å²) in [4.78, 5) is 70.5. The second-order valence-corrected chi connectivity index (χ2v) is 13.4. The van der Waals surface area contributed by atoms with Crippen LogP contribution in [0, 0.1) is 22.0 Å². The third-order valence-corrected chi connectivity index (χ3v) is 10.1. The number of amides is 4. The molecule has 14 heteroatoms. The molecular formula is C35H58N6O8. The van der Waals surface area contributed by atoms with Crippen LogP contribution in [-0.2, 0) is 35.1 Å².